The largest absolute Gasteiger partial charge is 0.497 e. The molecule has 0 spiro atoms. The molecule has 0 N–H and O–H groups in total. The number of ether oxygens (including phenoxy) is 1. The highest BCUT2D eigenvalue weighted by molar-refractivity contribution is 6.31. The fourth-order valence-electron chi connectivity index (χ4n) is 2.85. The number of rotatable bonds is 5. The third-order valence-corrected chi connectivity index (χ3v) is 4.70. The van der Waals surface area contributed by atoms with Gasteiger partial charge in [-0.25, -0.2) is 4.39 Å². The van der Waals surface area contributed by atoms with Crippen LogP contribution in [0.1, 0.15) is 11.1 Å². The number of nitrogens with zero attached hydrogens (tertiary/aromatic N) is 1. The Bertz CT molecular complexity index is 938. The van der Waals surface area contributed by atoms with E-state index >= 15 is 0 Å². The minimum absolute atomic E-state index is 0.0627. The second kappa shape index (κ2) is 7.75. The molecule has 3 aromatic rings. The van der Waals surface area contributed by atoms with Crippen molar-refractivity contribution in [3.05, 3.63) is 76.6 Å². The van der Waals surface area contributed by atoms with E-state index in [-0.39, 0.29) is 22.9 Å². The van der Waals surface area contributed by atoms with Crippen LogP contribution in [-0.4, -0.2) is 25.0 Å². The predicted octanol–water partition coefficient (Wildman–Crippen LogP) is 4.84. The van der Waals surface area contributed by atoms with E-state index in [1.807, 2.05) is 36.4 Å². The van der Waals surface area contributed by atoms with Crippen LogP contribution in [0.2, 0.25) is 5.02 Å². The summed E-state index contributed by atoms with van der Waals surface area (Å²) in [7, 11) is 3.34. The Balaban J connectivity index is 1.73. The van der Waals surface area contributed by atoms with Crippen LogP contribution in [0.3, 0.4) is 0 Å². The Morgan fingerprint density at radius 3 is 2.58 bits per heavy atom. The van der Waals surface area contributed by atoms with Gasteiger partial charge in [-0.15, -0.1) is 0 Å². The van der Waals surface area contributed by atoms with Gasteiger partial charge in [-0.3, -0.25) is 4.79 Å². The maximum atomic E-state index is 13.9. The van der Waals surface area contributed by atoms with Gasteiger partial charge in [0.15, 0.2) is 0 Å². The molecule has 0 unspecified atom stereocenters. The molecule has 0 bridgehead atoms. The van der Waals surface area contributed by atoms with E-state index in [0.29, 0.717) is 6.54 Å². The maximum absolute atomic E-state index is 13.9. The van der Waals surface area contributed by atoms with Crippen LogP contribution in [0.5, 0.6) is 5.75 Å². The van der Waals surface area contributed by atoms with Crippen LogP contribution < -0.4 is 4.74 Å². The molecule has 0 saturated carbocycles. The molecule has 0 radical (unpaired) electrons. The van der Waals surface area contributed by atoms with Crippen molar-refractivity contribution in [1.29, 1.82) is 0 Å². The summed E-state index contributed by atoms with van der Waals surface area (Å²) in [5.41, 5.74) is 1.23. The van der Waals surface area contributed by atoms with Gasteiger partial charge in [0.1, 0.15) is 11.6 Å². The minimum Gasteiger partial charge on any atom is -0.497 e. The van der Waals surface area contributed by atoms with Crippen LogP contribution in [-0.2, 0) is 17.8 Å². The third kappa shape index (κ3) is 3.97. The van der Waals surface area contributed by atoms with E-state index in [9.17, 15) is 9.18 Å². The topological polar surface area (TPSA) is 29.5 Å². The normalized spacial score (nSPS) is 10.8. The number of amides is 1. The van der Waals surface area contributed by atoms with Crippen molar-refractivity contribution in [2.45, 2.75) is 13.0 Å². The summed E-state index contributed by atoms with van der Waals surface area (Å²) in [5, 5.41) is 2.41. The number of benzene rings is 3. The van der Waals surface area contributed by atoms with E-state index in [4.69, 9.17) is 16.3 Å². The van der Waals surface area contributed by atoms with Gasteiger partial charge in [0.25, 0.3) is 0 Å². The van der Waals surface area contributed by atoms with Crippen molar-refractivity contribution in [1.82, 2.24) is 4.90 Å². The maximum Gasteiger partial charge on any atom is 0.227 e. The van der Waals surface area contributed by atoms with Crippen molar-refractivity contribution < 1.29 is 13.9 Å². The van der Waals surface area contributed by atoms with Gasteiger partial charge in [-0.1, -0.05) is 35.9 Å². The molecule has 0 aliphatic rings. The SMILES string of the molecule is COc1ccc2cc(CN(C)C(=O)Cc3c(F)cccc3Cl)ccc2c1. The number of fused-ring (bicyclic) bond motifs is 1. The lowest BCUT2D eigenvalue weighted by Crippen LogP contribution is -2.28. The fourth-order valence-corrected chi connectivity index (χ4v) is 3.08. The van der Waals surface area contributed by atoms with Crippen molar-refractivity contribution in [2.75, 3.05) is 14.2 Å². The monoisotopic (exact) mass is 371 g/mol. The molecule has 3 aromatic carbocycles. The number of hydrogen-bond donors (Lipinski definition) is 0. The lowest BCUT2D eigenvalue weighted by molar-refractivity contribution is -0.129. The van der Waals surface area contributed by atoms with Crippen LogP contribution in [0, 0.1) is 5.82 Å². The van der Waals surface area contributed by atoms with Crippen molar-refractivity contribution in [2.24, 2.45) is 0 Å². The van der Waals surface area contributed by atoms with Crippen LogP contribution in [0.25, 0.3) is 10.8 Å². The Morgan fingerprint density at radius 1 is 1.12 bits per heavy atom. The molecule has 3 rings (SSSR count). The molecular formula is C21H19ClFNO2. The van der Waals surface area contributed by atoms with Crippen molar-refractivity contribution in [3.8, 4) is 5.75 Å². The summed E-state index contributed by atoms with van der Waals surface area (Å²) in [6.45, 7) is 0.437. The minimum atomic E-state index is -0.459. The molecule has 0 aliphatic heterocycles. The van der Waals surface area contributed by atoms with Crippen molar-refractivity contribution >= 4 is 28.3 Å². The molecule has 3 nitrogen and oxygen atoms in total. The number of carbonyl (C=O) groups is 1. The highest BCUT2D eigenvalue weighted by atomic mass is 35.5. The highest BCUT2D eigenvalue weighted by Crippen LogP contribution is 2.23. The molecule has 0 atom stereocenters. The summed E-state index contributed by atoms with van der Waals surface area (Å²) < 4.78 is 19.1. The van der Waals surface area contributed by atoms with Gasteiger partial charge in [-0.2, -0.15) is 0 Å². The zero-order valence-corrected chi connectivity index (χ0v) is 15.4. The van der Waals surface area contributed by atoms with Crippen LogP contribution in [0.4, 0.5) is 4.39 Å². The molecule has 0 fully saturated rings. The van der Waals surface area contributed by atoms with E-state index < -0.39 is 5.82 Å². The number of hydrogen-bond acceptors (Lipinski definition) is 2. The standard InChI is InChI=1S/C21H19ClFNO2/c1-24(21(25)12-18-19(22)4-3-5-20(18)23)13-14-6-7-16-11-17(26-2)9-8-15(16)10-14/h3-11H,12-13H2,1-2H3. The highest BCUT2D eigenvalue weighted by Gasteiger charge is 2.15. The first-order chi connectivity index (χ1) is 12.5. The number of likely N-dealkylation sites (N-methyl/N-ethyl adjacent to an activating group) is 1. The third-order valence-electron chi connectivity index (χ3n) is 4.35. The second-order valence-electron chi connectivity index (χ2n) is 6.17. The first kappa shape index (κ1) is 18.2. The molecule has 5 heteroatoms. The van der Waals surface area contributed by atoms with E-state index in [0.717, 1.165) is 22.1 Å². The molecule has 0 aliphatic carbocycles. The number of carbonyl (C=O) groups excluding carboxylic acids is 1. The van der Waals surface area contributed by atoms with Gasteiger partial charge in [0.2, 0.25) is 5.91 Å². The second-order valence-corrected chi connectivity index (χ2v) is 6.58. The molecule has 134 valence electrons. The molecule has 0 saturated heterocycles. The van der Waals surface area contributed by atoms with Crippen LogP contribution >= 0.6 is 11.6 Å². The average molecular weight is 372 g/mol. The van der Waals surface area contributed by atoms with E-state index in [1.54, 1.807) is 25.1 Å². The smallest absolute Gasteiger partial charge is 0.227 e. The molecule has 1 amide bonds. The number of methoxy groups -OCH3 is 1. The summed E-state index contributed by atoms with van der Waals surface area (Å²) >= 11 is 6.01. The zero-order valence-electron chi connectivity index (χ0n) is 14.6. The van der Waals surface area contributed by atoms with E-state index in [1.165, 1.54) is 12.1 Å². The molecule has 26 heavy (non-hydrogen) atoms. The Labute approximate surface area is 156 Å². The first-order valence-electron chi connectivity index (χ1n) is 8.21. The Kier molecular flexibility index (Phi) is 5.43. The average Bonchev–Trinajstić information content (AvgIpc) is 2.64. The summed E-state index contributed by atoms with van der Waals surface area (Å²) in [6, 6.07) is 16.3. The quantitative estimate of drug-likeness (QED) is 0.642. The lowest BCUT2D eigenvalue weighted by atomic mass is 10.1. The molecule has 0 aromatic heterocycles. The Hall–Kier alpha value is -2.59. The fraction of sp³-hybridized carbons (Fsp3) is 0.190. The van der Waals surface area contributed by atoms with E-state index in [2.05, 4.69) is 0 Å². The van der Waals surface area contributed by atoms with Gasteiger partial charge < -0.3 is 9.64 Å². The Morgan fingerprint density at radius 2 is 1.85 bits per heavy atom. The molecular weight excluding hydrogens is 353 g/mol. The van der Waals surface area contributed by atoms with Gasteiger partial charge in [0.05, 0.1) is 13.5 Å². The summed E-state index contributed by atoms with van der Waals surface area (Å²) in [5.74, 6) is 0.157. The van der Waals surface area contributed by atoms with Gasteiger partial charge >= 0.3 is 0 Å². The summed E-state index contributed by atoms with van der Waals surface area (Å²) in [6.07, 6.45) is -0.0627. The predicted molar refractivity (Wildman–Crippen MR) is 102 cm³/mol. The zero-order chi connectivity index (χ0) is 18.7. The lowest BCUT2D eigenvalue weighted by Gasteiger charge is -2.18. The number of halogens is 2. The van der Waals surface area contributed by atoms with Gasteiger partial charge in [-0.05, 0) is 46.7 Å². The van der Waals surface area contributed by atoms with Crippen LogP contribution in [0.15, 0.2) is 54.6 Å². The molecule has 0 heterocycles. The van der Waals surface area contributed by atoms with Crippen molar-refractivity contribution in [3.63, 3.8) is 0 Å². The summed E-state index contributed by atoms with van der Waals surface area (Å²) in [4.78, 5) is 14.0. The van der Waals surface area contributed by atoms with Gasteiger partial charge in [0, 0.05) is 24.2 Å². The first-order valence-corrected chi connectivity index (χ1v) is 8.59.